The highest BCUT2D eigenvalue weighted by Gasteiger charge is 2.62. The van der Waals surface area contributed by atoms with Gasteiger partial charge in [-0.2, -0.15) is 0 Å². The first-order valence-electron chi connectivity index (χ1n) is 14.2. The molecule has 0 aromatic heterocycles. The molecule has 45 heavy (non-hydrogen) atoms. The quantitative estimate of drug-likeness (QED) is 0.175. The van der Waals surface area contributed by atoms with E-state index in [1.807, 2.05) is 0 Å². The van der Waals surface area contributed by atoms with Crippen LogP contribution in [0.1, 0.15) is 20.7 Å². The van der Waals surface area contributed by atoms with Crippen molar-refractivity contribution in [3.8, 4) is 0 Å². The van der Waals surface area contributed by atoms with Gasteiger partial charge in [-0.15, -0.1) is 0 Å². The zero-order valence-corrected chi connectivity index (χ0v) is 24.0. The standard InChI is InChI=1S/C31H34O14/c1-40-29(39)18-14-41-30(45-31-24(36)23(35)22(34)19(13-33)42-31)21-17(12-32)25(43-27(37)15-8-4-2-5-9-15)26(20(18)21)44-28(38)16-10-6-3-7-11-16/h2-11,14,17,19-26,30-36H,12-13H2,1H3/t17-,19-,20-,21-,22-,23+,24-,25-,26+,30+,31+/m1/s1. The number of hydrogen-bond donors (Lipinski definition) is 5. The number of ether oxygens (including phenoxy) is 6. The van der Waals surface area contributed by atoms with Crippen molar-refractivity contribution < 1.29 is 68.3 Å². The predicted molar refractivity (Wildman–Crippen MR) is 149 cm³/mol. The van der Waals surface area contributed by atoms with E-state index in [-0.39, 0.29) is 16.7 Å². The molecule has 11 atom stereocenters. The lowest BCUT2D eigenvalue weighted by Crippen LogP contribution is -2.60. The van der Waals surface area contributed by atoms with Crippen LogP contribution >= 0.6 is 0 Å². The molecule has 242 valence electrons. The normalized spacial score (nSPS) is 34.1. The van der Waals surface area contributed by atoms with E-state index in [0.717, 1.165) is 13.4 Å². The van der Waals surface area contributed by atoms with Gasteiger partial charge in [0.1, 0.15) is 36.6 Å². The summed E-state index contributed by atoms with van der Waals surface area (Å²) in [6, 6.07) is 15.9. The van der Waals surface area contributed by atoms with Gasteiger partial charge in [0.2, 0.25) is 6.29 Å². The summed E-state index contributed by atoms with van der Waals surface area (Å²) in [7, 11) is 1.13. The Balaban J connectivity index is 1.54. The summed E-state index contributed by atoms with van der Waals surface area (Å²) in [5.74, 6) is -5.78. The lowest BCUT2D eigenvalue weighted by atomic mass is 9.82. The predicted octanol–water partition coefficient (Wildman–Crippen LogP) is -0.478. The first-order chi connectivity index (χ1) is 21.7. The lowest BCUT2D eigenvalue weighted by molar-refractivity contribution is -0.343. The third-order valence-electron chi connectivity index (χ3n) is 8.27. The average Bonchev–Trinajstić information content (AvgIpc) is 3.37. The second kappa shape index (κ2) is 14.0. The molecular formula is C31H34O14. The monoisotopic (exact) mass is 630 g/mol. The molecule has 14 nitrogen and oxygen atoms in total. The highest BCUT2D eigenvalue weighted by atomic mass is 16.8. The lowest BCUT2D eigenvalue weighted by Gasteiger charge is -2.43. The highest BCUT2D eigenvalue weighted by Crippen LogP contribution is 2.50. The van der Waals surface area contributed by atoms with Crippen LogP contribution in [0, 0.1) is 17.8 Å². The molecule has 2 fully saturated rings. The number of methoxy groups -OCH3 is 1. The zero-order chi connectivity index (χ0) is 32.2. The first-order valence-corrected chi connectivity index (χ1v) is 14.2. The molecule has 2 heterocycles. The van der Waals surface area contributed by atoms with Crippen LogP contribution in [-0.2, 0) is 33.2 Å². The van der Waals surface area contributed by atoms with E-state index in [4.69, 9.17) is 28.4 Å². The van der Waals surface area contributed by atoms with Crippen molar-refractivity contribution in [2.75, 3.05) is 20.3 Å². The number of fused-ring (bicyclic) bond motifs is 1. The van der Waals surface area contributed by atoms with Crippen molar-refractivity contribution in [1.29, 1.82) is 0 Å². The minimum Gasteiger partial charge on any atom is -0.472 e. The number of esters is 3. The van der Waals surface area contributed by atoms with Crippen LogP contribution in [0.15, 0.2) is 72.5 Å². The fourth-order valence-corrected chi connectivity index (χ4v) is 6.01. The Hall–Kier alpha value is -3.89. The van der Waals surface area contributed by atoms with E-state index < -0.39 is 98.1 Å². The number of carbonyl (C=O) groups is 3. The van der Waals surface area contributed by atoms with Gasteiger partial charge in [-0.05, 0) is 24.3 Å². The van der Waals surface area contributed by atoms with Crippen molar-refractivity contribution in [2.24, 2.45) is 17.8 Å². The summed E-state index contributed by atoms with van der Waals surface area (Å²) in [6.07, 6.45) is -11.3. The number of benzene rings is 2. The second-order valence-electron chi connectivity index (χ2n) is 10.8. The van der Waals surface area contributed by atoms with E-state index in [2.05, 4.69) is 0 Å². The molecule has 14 heteroatoms. The van der Waals surface area contributed by atoms with Crippen LogP contribution in [0.5, 0.6) is 0 Å². The molecule has 1 saturated carbocycles. The molecule has 5 rings (SSSR count). The van der Waals surface area contributed by atoms with Crippen LogP contribution in [0.2, 0.25) is 0 Å². The van der Waals surface area contributed by atoms with Gasteiger partial charge in [0.25, 0.3) is 0 Å². The van der Waals surface area contributed by atoms with Crippen molar-refractivity contribution in [2.45, 2.75) is 49.2 Å². The molecule has 3 aliphatic rings. The molecule has 1 saturated heterocycles. The number of aliphatic hydroxyl groups excluding tert-OH is 5. The Morgan fingerprint density at radius 3 is 1.84 bits per heavy atom. The van der Waals surface area contributed by atoms with Crippen LogP contribution in [0.3, 0.4) is 0 Å². The summed E-state index contributed by atoms with van der Waals surface area (Å²) in [6.45, 7) is -1.39. The summed E-state index contributed by atoms with van der Waals surface area (Å²) in [4.78, 5) is 39.6. The molecule has 2 aromatic carbocycles. The highest BCUT2D eigenvalue weighted by molar-refractivity contribution is 5.91. The number of carbonyl (C=O) groups excluding carboxylic acids is 3. The van der Waals surface area contributed by atoms with Gasteiger partial charge in [-0.25, -0.2) is 14.4 Å². The Morgan fingerprint density at radius 1 is 0.733 bits per heavy atom. The average molecular weight is 631 g/mol. The maximum absolute atomic E-state index is 13.3. The van der Waals surface area contributed by atoms with Crippen LogP contribution in [0.4, 0.5) is 0 Å². The van der Waals surface area contributed by atoms with Crippen LogP contribution in [0.25, 0.3) is 0 Å². The van der Waals surface area contributed by atoms with E-state index in [9.17, 15) is 39.9 Å². The van der Waals surface area contributed by atoms with Gasteiger partial charge < -0.3 is 54.0 Å². The van der Waals surface area contributed by atoms with Crippen molar-refractivity contribution in [1.82, 2.24) is 0 Å². The largest absolute Gasteiger partial charge is 0.472 e. The molecule has 5 N–H and O–H groups in total. The van der Waals surface area contributed by atoms with Crippen LogP contribution < -0.4 is 0 Å². The van der Waals surface area contributed by atoms with Gasteiger partial charge in [0, 0.05) is 17.8 Å². The van der Waals surface area contributed by atoms with Crippen LogP contribution in [-0.4, -0.2) is 113 Å². The maximum atomic E-state index is 13.3. The van der Waals surface area contributed by atoms with Gasteiger partial charge in [0.15, 0.2) is 6.29 Å². The number of aliphatic hydroxyl groups is 5. The summed E-state index contributed by atoms with van der Waals surface area (Å²) in [5.41, 5.74) is 0.226. The second-order valence-corrected chi connectivity index (χ2v) is 10.8. The Morgan fingerprint density at radius 2 is 1.31 bits per heavy atom. The first kappa shape index (κ1) is 32.5. The molecule has 0 radical (unpaired) electrons. The van der Waals surface area contributed by atoms with Crippen molar-refractivity contribution >= 4 is 17.9 Å². The van der Waals surface area contributed by atoms with Gasteiger partial charge in [-0.1, -0.05) is 36.4 Å². The van der Waals surface area contributed by atoms with Gasteiger partial charge in [0.05, 0.1) is 43.3 Å². The molecule has 2 aromatic rings. The minimum absolute atomic E-state index is 0.112. The fourth-order valence-electron chi connectivity index (χ4n) is 6.01. The Kier molecular flexibility index (Phi) is 10.1. The number of rotatable bonds is 9. The smallest absolute Gasteiger partial charge is 0.338 e. The van der Waals surface area contributed by atoms with E-state index in [0.29, 0.717) is 0 Å². The fraction of sp³-hybridized carbons (Fsp3) is 0.452. The van der Waals surface area contributed by atoms with Crippen molar-refractivity contribution in [3.63, 3.8) is 0 Å². The zero-order valence-electron chi connectivity index (χ0n) is 24.0. The molecule has 0 bridgehead atoms. The topological polar surface area (TPSA) is 208 Å². The Labute approximate surface area is 257 Å². The van der Waals surface area contributed by atoms with Crippen molar-refractivity contribution in [3.05, 3.63) is 83.6 Å². The number of hydrogen-bond acceptors (Lipinski definition) is 14. The van der Waals surface area contributed by atoms with E-state index in [1.54, 1.807) is 36.4 Å². The molecule has 0 amide bonds. The van der Waals surface area contributed by atoms with Gasteiger partial charge >= 0.3 is 17.9 Å². The SMILES string of the molecule is COC(=O)C1=CO[C@@H](O[C@@H]2O[C@H](CO)[C@@H](O)[C@H](O)[C@H]2O)[C@@H]2[C@@H](CO)[C@@H](OC(=O)c3ccccc3)[C@@H](OC(=O)c3ccccc3)[C@H]12. The Bertz CT molecular complexity index is 1360. The molecule has 0 spiro atoms. The maximum Gasteiger partial charge on any atom is 0.338 e. The minimum atomic E-state index is -1.80. The molecule has 0 unspecified atom stereocenters. The third kappa shape index (κ3) is 6.44. The summed E-state index contributed by atoms with van der Waals surface area (Å²) in [5, 5.41) is 51.4. The molecule has 1 aliphatic carbocycles. The summed E-state index contributed by atoms with van der Waals surface area (Å²) < 4.78 is 33.9. The van der Waals surface area contributed by atoms with Gasteiger partial charge in [-0.3, -0.25) is 0 Å². The molecular weight excluding hydrogens is 596 g/mol. The van der Waals surface area contributed by atoms with E-state index in [1.165, 1.54) is 24.3 Å². The summed E-state index contributed by atoms with van der Waals surface area (Å²) >= 11 is 0. The molecule has 2 aliphatic heterocycles. The van der Waals surface area contributed by atoms with E-state index >= 15 is 0 Å². The third-order valence-corrected chi connectivity index (χ3v) is 8.27.